The molecule has 1 atom stereocenters. The van der Waals surface area contributed by atoms with Gasteiger partial charge in [-0.3, -0.25) is 9.36 Å². The molecule has 1 fully saturated rings. The summed E-state index contributed by atoms with van der Waals surface area (Å²) in [6.45, 7) is 2.17. The fourth-order valence-electron chi connectivity index (χ4n) is 3.58. The van der Waals surface area contributed by atoms with Crippen LogP contribution < -0.4 is 5.43 Å². The third kappa shape index (κ3) is 4.79. The van der Waals surface area contributed by atoms with Crippen LogP contribution in [0.2, 0.25) is 0 Å². The van der Waals surface area contributed by atoms with E-state index in [1.165, 1.54) is 18.2 Å². The molecule has 1 N–H and O–H groups in total. The number of amides is 1. The molecule has 1 unspecified atom stereocenters. The quantitative estimate of drug-likeness (QED) is 0.464. The van der Waals surface area contributed by atoms with Gasteiger partial charge < -0.3 is 0 Å². The minimum absolute atomic E-state index is 0.130. The Morgan fingerprint density at radius 1 is 1.10 bits per heavy atom. The average molecular weight is 420 g/mol. The largest absolute Gasteiger partial charge is 0.272 e. The Hall–Kier alpha value is -2.93. The number of carbonyl (C=O) groups is 1. The summed E-state index contributed by atoms with van der Waals surface area (Å²) in [5, 5.41) is 13.8. The number of thioether (sulfide) groups is 1. The van der Waals surface area contributed by atoms with Crippen LogP contribution in [-0.2, 0) is 4.79 Å². The Balaban J connectivity index is 1.51. The fraction of sp³-hybridized carbons (Fsp3) is 0.304. The van der Waals surface area contributed by atoms with Crippen LogP contribution in [0.5, 0.6) is 0 Å². The van der Waals surface area contributed by atoms with Crippen LogP contribution in [0, 0.1) is 5.92 Å². The monoisotopic (exact) mass is 419 g/mol. The van der Waals surface area contributed by atoms with E-state index in [9.17, 15) is 4.79 Å². The van der Waals surface area contributed by atoms with E-state index in [4.69, 9.17) is 0 Å². The zero-order valence-electron chi connectivity index (χ0n) is 17.0. The van der Waals surface area contributed by atoms with Crippen molar-refractivity contribution in [2.45, 2.75) is 37.8 Å². The lowest BCUT2D eigenvalue weighted by molar-refractivity contribution is -0.118. The third-order valence-electron chi connectivity index (χ3n) is 5.23. The van der Waals surface area contributed by atoms with E-state index >= 15 is 0 Å². The van der Waals surface area contributed by atoms with Gasteiger partial charge in [-0.2, -0.15) is 5.10 Å². The molecule has 0 bridgehead atoms. The van der Waals surface area contributed by atoms with Crippen LogP contribution >= 0.6 is 11.8 Å². The molecule has 1 aliphatic carbocycles. The van der Waals surface area contributed by atoms with E-state index in [1.807, 2.05) is 65.2 Å². The van der Waals surface area contributed by atoms with Gasteiger partial charge in [0.25, 0.3) is 5.91 Å². The average Bonchev–Trinajstić information content (AvgIpc) is 3.22. The Morgan fingerprint density at radius 3 is 2.57 bits per heavy atom. The molecule has 3 aromatic rings. The molecule has 1 amide bonds. The van der Waals surface area contributed by atoms with Gasteiger partial charge in [0.15, 0.2) is 11.0 Å². The number of hydrogen-bond donors (Lipinski definition) is 1. The highest BCUT2D eigenvalue weighted by Gasteiger charge is 2.18. The number of carbonyl (C=O) groups excluding carboxylic acids is 1. The molecule has 1 aliphatic rings. The van der Waals surface area contributed by atoms with E-state index in [0.29, 0.717) is 11.1 Å². The Labute approximate surface area is 180 Å². The number of para-hydroxylation sites is 1. The Morgan fingerprint density at radius 2 is 1.83 bits per heavy atom. The lowest BCUT2D eigenvalue weighted by Crippen LogP contribution is -2.25. The molecule has 154 valence electrons. The minimum atomic E-state index is -0.130. The molecule has 0 aliphatic heterocycles. The predicted molar refractivity (Wildman–Crippen MR) is 121 cm³/mol. The summed E-state index contributed by atoms with van der Waals surface area (Å²) >= 11 is 1.36. The van der Waals surface area contributed by atoms with E-state index in [-0.39, 0.29) is 11.7 Å². The number of hydrazone groups is 1. The van der Waals surface area contributed by atoms with Gasteiger partial charge in [0, 0.05) is 17.0 Å². The van der Waals surface area contributed by atoms with Crippen molar-refractivity contribution in [2.75, 3.05) is 5.75 Å². The molecule has 0 saturated heterocycles. The van der Waals surface area contributed by atoms with E-state index in [0.717, 1.165) is 42.0 Å². The number of benzene rings is 2. The topological polar surface area (TPSA) is 72.2 Å². The summed E-state index contributed by atoms with van der Waals surface area (Å²) in [5.74, 6) is 1.29. The van der Waals surface area contributed by atoms with Crippen LogP contribution in [0.3, 0.4) is 0 Å². The van der Waals surface area contributed by atoms with Crippen LogP contribution in [-0.4, -0.2) is 32.1 Å². The second-order valence-electron chi connectivity index (χ2n) is 7.42. The van der Waals surface area contributed by atoms with Gasteiger partial charge in [-0.15, -0.1) is 10.2 Å². The molecule has 0 radical (unpaired) electrons. The van der Waals surface area contributed by atoms with Gasteiger partial charge in [0.05, 0.1) is 5.75 Å². The molecule has 1 heterocycles. The van der Waals surface area contributed by atoms with Crippen LogP contribution in [0.25, 0.3) is 17.1 Å². The second-order valence-corrected chi connectivity index (χ2v) is 8.36. The summed E-state index contributed by atoms with van der Waals surface area (Å²) in [4.78, 5) is 12.4. The van der Waals surface area contributed by atoms with Gasteiger partial charge >= 0.3 is 0 Å². The summed E-state index contributed by atoms with van der Waals surface area (Å²) in [6.07, 6.45) is 4.50. The SMILES string of the molecule is CC1CCCC/C1=N/NC(=O)CSc1nnc(-c2ccccc2)n1-c1ccccc1. The van der Waals surface area contributed by atoms with Crippen LogP contribution in [0.1, 0.15) is 32.6 Å². The highest BCUT2D eigenvalue weighted by molar-refractivity contribution is 7.99. The molecular weight excluding hydrogens is 394 g/mol. The van der Waals surface area contributed by atoms with E-state index in [1.54, 1.807) is 0 Å². The van der Waals surface area contributed by atoms with Crippen molar-refractivity contribution in [1.82, 2.24) is 20.2 Å². The number of rotatable bonds is 6. The third-order valence-corrected chi connectivity index (χ3v) is 6.15. The standard InChI is InChI=1S/C23H25N5OS/c1-17-10-8-9-15-20(17)24-25-21(29)16-30-23-27-26-22(18-11-4-2-5-12-18)28(23)19-13-6-3-7-14-19/h2-7,11-14,17H,8-10,15-16H2,1H3,(H,25,29)/b24-20-. The summed E-state index contributed by atoms with van der Waals surface area (Å²) in [7, 11) is 0. The number of aromatic nitrogens is 3. The molecule has 30 heavy (non-hydrogen) atoms. The molecule has 7 heteroatoms. The van der Waals surface area contributed by atoms with E-state index < -0.39 is 0 Å². The van der Waals surface area contributed by atoms with Gasteiger partial charge in [-0.25, -0.2) is 5.43 Å². The zero-order valence-corrected chi connectivity index (χ0v) is 17.8. The highest BCUT2D eigenvalue weighted by atomic mass is 32.2. The van der Waals surface area contributed by atoms with Crippen molar-refractivity contribution in [3.05, 3.63) is 60.7 Å². The number of hydrogen-bond acceptors (Lipinski definition) is 5. The lowest BCUT2D eigenvalue weighted by Gasteiger charge is -2.19. The second kappa shape index (κ2) is 9.71. The first-order valence-electron chi connectivity index (χ1n) is 10.3. The maximum Gasteiger partial charge on any atom is 0.250 e. The fourth-order valence-corrected chi connectivity index (χ4v) is 4.32. The van der Waals surface area contributed by atoms with Crippen molar-refractivity contribution in [1.29, 1.82) is 0 Å². The molecule has 1 saturated carbocycles. The first kappa shape index (κ1) is 20.3. The zero-order chi connectivity index (χ0) is 20.8. The molecule has 4 rings (SSSR count). The van der Waals surface area contributed by atoms with Gasteiger partial charge in [-0.05, 0) is 37.3 Å². The Bertz CT molecular complexity index is 1020. The minimum Gasteiger partial charge on any atom is -0.272 e. The van der Waals surface area contributed by atoms with Gasteiger partial charge in [0.2, 0.25) is 0 Å². The van der Waals surface area contributed by atoms with E-state index in [2.05, 4.69) is 27.6 Å². The van der Waals surface area contributed by atoms with Crippen LogP contribution in [0.4, 0.5) is 0 Å². The molecule has 2 aromatic carbocycles. The van der Waals surface area contributed by atoms with Gasteiger partial charge in [-0.1, -0.05) is 73.6 Å². The van der Waals surface area contributed by atoms with Crippen molar-refractivity contribution in [3.8, 4) is 17.1 Å². The number of nitrogens with zero attached hydrogens (tertiary/aromatic N) is 4. The number of nitrogens with one attached hydrogen (secondary N) is 1. The normalized spacial score (nSPS) is 17.8. The maximum absolute atomic E-state index is 12.4. The smallest absolute Gasteiger partial charge is 0.250 e. The van der Waals surface area contributed by atoms with Crippen molar-refractivity contribution in [2.24, 2.45) is 11.0 Å². The van der Waals surface area contributed by atoms with Gasteiger partial charge in [0.1, 0.15) is 0 Å². The molecule has 6 nitrogen and oxygen atoms in total. The van der Waals surface area contributed by atoms with Crippen molar-refractivity contribution >= 4 is 23.4 Å². The molecule has 1 aromatic heterocycles. The van der Waals surface area contributed by atoms with Crippen molar-refractivity contribution in [3.63, 3.8) is 0 Å². The molecular formula is C23H25N5OS. The first-order valence-corrected chi connectivity index (χ1v) is 11.3. The molecule has 0 spiro atoms. The summed E-state index contributed by atoms with van der Waals surface area (Å²) in [5.41, 5.74) is 5.75. The highest BCUT2D eigenvalue weighted by Crippen LogP contribution is 2.27. The Kier molecular flexibility index (Phi) is 6.59. The van der Waals surface area contributed by atoms with Crippen LogP contribution in [0.15, 0.2) is 70.9 Å². The summed E-state index contributed by atoms with van der Waals surface area (Å²) < 4.78 is 1.99. The first-order chi connectivity index (χ1) is 14.7. The predicted octanol–water partition coefficient (Wildman–Crippen LogP) is 4.71. The van der Waals surface area contributed by atoms with Crippen molar-refractivity contribution < 1.29 is 4.79 Å². The summed E-state index contributed by atoms with van der Waals surface area (Å²) in [6, 6.07) is 19.9. The lowest BCUT2D eigenvalue weighted by atomic mass is 9.89. The maximum atomic E-state index is 12.4.